The van der Waals surface area contributed by atoms with Gasteiger partial charge >= 0.3 is 12.1 Å². The first-order valence-corrected chi connectivity index (χ1v) is 8.31. The molecule has 1 atom stereocenters. The highest BCUT2D eigenvalue weighted by Crippen LogP contribution is 2.20. The molecule has 1 aromatic carbocycles. The van der Waals surface area contributed by atoms with Crippen LogP contribution < -0.4 is 0 Å². The van der Waals surface area contributed by atoms with Crippen molar-refractivity contribution in [2.45, 2.75) is 25.5 Å². The second-order valence-corrected chi connectivity index (χ2v) is 7.07. The topological polar surface area (TPSA) is 55.8 Å². The van der Waals surface area contributed by atoms with Crippen molar-refractivity contribution in [2.24, 2.45) is 0 Å². The molecule has 2 rings (SSSR count). The summed E-state index contributed by atoms with van der Waals surface area (Å²) in [7, 11) is 6.12. The number of likely N-dealkylation sites (tertiary alicyclic amines) is 1. The van der Waals surface area contributed by atoms with E-state index in [1.54, 1.807) is 0 Å². The van der Waals surface area contributed by atoms with Crippen molar-refractivity contribution in [1.82, 2.24) is 4.90 Å². The molecule has 1 aliphatic rings. The minimum atomic E-state index is -0.527. The van der Waals surface area contributed by atoms with Gasteiger partial charge in [0.05, 0.1) is 21.1 Å². The molecule has 0 aliphatic carbocycles. The first-order chi connectivity index (χ1) is 11.4. The summed E-state index contributed by atoms with van der Waals surface area (Å²) >= 11 is 0. The molecule has 0 saturated carbocycles. The number of nitrogens with zero attached hydrogens (tertiary/aromatic N) is 2. The molecule has 24 heavy (non-hydrogen) atoms. The highest BCUT2D eigenvalue weighted by molar-refractivity contribution is 5.82. The summed E-state index contributed by atoms with van der Waals surface area (Å²) in [5, 5.41) is 0. The lowest BCUT2D eigenvalue weighted by atomic mass is 10.2. The van der Waals surface area contributed by atoms with E-state index in [1.165, 1.54) is 4.90 Å². The van der Waals surface area contributed by atoms with Crippen LogP contribution in [0.4, 0.5) is 4.79 Å². The van der Waals surface area contributed by atoms with E-state index in [9.17, 15) is 9.59 Å². The van der Waals surface area contributed by atoms with Gasteiger partial charge in [-0.2, -0.15) is 0 Å². The van der Waals surface area contributed by atoms with Crippen LogP contribution in [-0.2, 0) is 20.9 Å². The lowest BCUT2D eigenvalue weighted by Crippen LogP contribution is -2.43. The van der Waals surface area contributed by atoms with Crippen LogP contribution in [-0.4, -0.2) is 68.3 Å². The molecule has 1 fully saturated rings. The fraction of sp³-hybridized carbons (Fsp3) is 0.556. The SMILES string of the molecule is C[N+](C)(C)CCOC(=O)[C@@H]1CCCN1C(=O)OCc1ccccc1. The lowest BCUT2D eigenvalue weighted by molar-refractivity contribution is -0.870. The van der Waals surface area contributed by atoms with E-state index in [-0.39, 0.29) is 12.6 Å². The Labute approximate surface area is 143 Å². The van der Waals surface area contributed by atoms with Gasteiger partial charge in [-0.25, -0.2) is 9.59 Å². The van der Waals surface area contributed by atoms with Crippen molar-refractivity contribution in [2.75, 3.05) is 40.8 Å². The molecule has 1 aromatic rings. The maximum absolute atomic E-state index is 12.3. The average molecular weight is 335 g/mol. The molecule has 0 N–H and O–H groups in total. The number of hydrogen-bond acceptors (Lipinski definition) is 4. The highest BCUT2D eigenvalue weighted by atomic mass is 16.6. The summed E-state index contributed by atoms with van der Waals surface area (Å²) in [5.74, 6) is -0.336. The van der Waals surface area contributed by atoms with Gasteiger partial charge in [0.25, 0.3) is 0 Å². The third-order valence-corrected chi connectivity index (χ3v) is 3.97. The Morgan fingerprint density at radius 2 is 1.88 bits per heavy atom. The van der Waals surface area contributed by atoms with E-state index < -0.39 is 12.1 Å². The first kappa shape index (κ1) is 18.3. The van der Waals surface area contributed by atoms with E-state index in [1.807, 2.05) is 51.5 Å². The second-order valence-electron chi connectivity index (χ2n) is 7.07. The zero-order valence-corrected chi connectivity index (χ0v) is 14.7. The van der Waals surface area contributed by atoms with E-state index in [4.69, 9.17) is 9.47 Å². The number of quaternary nitrogens is 1. The molecule has 132 valence electrons. The van der Waals surface area contributed by atoms with Crippen LogP contribution in [0.5, 0.6) is 0 Å². The molecule has 0 unspecified atom stereocenters. The van der Waals surface area contributed by atoms with Crippen molar-refractivity contribution >= 4 is 12.1 Å². The molecule has 0 bridgehead atoms. The number of benzene rings is 1. The summed E-state index contributed by atoms with van der Waals surface area (Å²) in [4.78, 5) is 26.0. The zero-order valence-electron chi connectivity index (χ0n) is 14.7. The number of likely N-dealkylation sites (N-methyl/N-ethyl adjacent to an activating group) is 1. The van der Waals surface area contributed by atoms with Gasteiger partial charge < -0.3 is 14.0 Å². The number of ether oxygens (including phenoxy) is 2. The third kappa shape index (κ3) is 5.53. The normalized spacial score (nSPS) is 17.6. The number of carbonyl (C=O) groups is 2. The Hall–Kier alpha value is -2.08. The van der Waals surface area contributed by atoms with Crippen molar-refractivity contribution in [3.05, 3.63) is 35.9 Å². The maximum atomic E-state index is 12.3. The molecule has 6 heteroatoms. The Morgan fingerprint density at radius 3 is 2.54 bits per heavy atom. The fourth-order valence-electron chi connectivity index (χ4n) is 2.55. The summed E-state index contributed by atoms with van der Waals surface area (Å²) < 4.78 is 11.4. The quantitative estimate of drug-likeness (QED) is 0.590. The Bertz CT molecular complexity index is 554. The molecular formula is C18H27N2O4+. The molecule has 1 aliphatic heterocycles. The van der Waals surface area contributed by atoms with Gasteiger partial charge in [-0.1, -0.05) is 30.3 Å². The summed E-state index contributed by atoms with van der Waals surface area (Å²) in [6.07, 6.45) is 0.962. The van der Waals surface area contributed by atoms with Crippen molar-refractivity contribution < 1.29 is 23.5 Å². The van der Waals surface area contributed by atoms with Crippen LogP contribution in [0.1, 0.15) is 18.4 Å². The van der Waals surface area contributed by atoms with Crippen LogP contribution in [0.25, 0.3) is 0 Å². The van der Waals surface area contributed by atoms with Gasteiger partial charge in [0, 0.05) is 6.54 Å². The molecule has 1 amide bonds. The third-order valence-electron chi connectivity index (χ3n) is 3.97. The average Bonchev–Trinajstić information content (AvgIpc) is 3.02. The van der Waals surface area contributed by atoms with Gasteiger partial charge in [-0.15, -0.1) is 0 Å². The van der Waals surface area contributed by atoms with Crippen LogP contribution >= 0.6 is 0 Å². The maximum Gasteiger partial charge on any atom is 0.410 e. The van der Waals surface area contributed by atoms with Gasteiger partial charge in [0.1, 0.15) is 25.8 Å². The predicted octanol–water partition coefficient (Wildman–Crippen LogP) is 2.04. The van der Waals surface area contributed by atoms with E-state index in [0.717, 1.165) is 23.0 Å². The molecule has 0 aromatic heterocycles. The standard InChI is InChI=1S/C18H27N2O4/c1-20(2,3)12-13-23-17(21)16-10-7-11-19(16)18(22)24-14-15-8-5-4-6-9-15/h4-6,8-9,16H,7,10-14H2,1-3H3/q+1/t16-/m0/s1. The van der Waals surface area contributed by atoms with Crippen molar-refractivity contribution in [3.63, 3.8) is 0 Å². The summed E-state index contributed by atoms with van der Waals surface area (Å²) in [5.41, 5.74) is 0.923. The summed E-state index contributed by atoms with van der Waals surface area (Å²) in [6, 6.07) is 8.97. The fourth-order valence-corrected chi connectivity index (χ4v) is 2.55. The summed E-state index contributed by atoms with van der Waals surface area (Å²) in [6.45, 7) is 1.82. The van der Waals surface area contributed by atoms with E-state index in [0.29, 0.717) is 19.6 Å². The molecule has 1 heterocycles. The Kier molecular flexibility index (Phi) is 6.20. The number of esters is 1. The van der Waals surface area contributed by atoms with Crippen molar-refractivity contribution in [3.8, 4) is 0 Å². The number of amides is 1. The van der Waals surface area contributed by atoms with Gasteiger partial charge in [0.2, 0.25) is 0 Å². The second kappa shape index (κ2) is 8.15. The van der Waals surface area contributed by atoms with E-state index in [2.05, 4.69) is 0 Å². The first-order valence-electron chi connectivity index (χ1n) is 8.31. The largest absolute Gasteiger partial charge is 0.458 e. The highest BCUT2D eigenvalue weighted by Gasteiger charge is 2.36. The molecule has 0 spiro atoms. The predicted molar refractivity (Wildman–Crippen MR) is 90.2 cm³/mol. The van der Waals surface area contributed by atoms with Crippen LogP contribution in [0.3, 0.4) is 0 Å². The number of hydrogen-bond donors (Lipinski definition) is 0. The van der Waals surface area contributed by atoms with Crippen LogP contribution in [0.15, 0.2) is 30.3 Å². The van der Waals surface area contributed by atoms with E-state index >= 15 is 0 Å². The molecule has 6 nitrogen and oxygen atoms in total. The minimum absolute atomic E-state index is 0.208. The Morgan fingerprint density at radius 1 is 1.17 bits per heavy atom. The Balaban J connectivity index is 1.82. The van der Waals surface area contributed by atoms with Crippen LogP contribution in [0, 0.1) is 0 Å². The smallest absolute Gasteiger partial charge is 0.410 e. The van der Waals surface area contributed by atoms with Crippen molar-refractivity contribution in [1.29, 1.82) is 0 Å². The van der Waals surface area contributed by atoms with Gasteiger partial charge in [-0.05, 0) is 18.4 Å². The number of rotatable bonds is 6. The van der Waals surface area contributed by atoms with Gasteiger partial charge in [0.15, 0.2) is 0 Å². The number of carbonyl (C=O) groups excluding carboxylic acids is 2. The van der Waals surface area contributed by atoms with Gasteiger partial charge in [-0.3, -0.25) is 4.90 Å². The zero-order chi connectivity index (χ0) is 17.6. The monoisotopic (exact) mass is 335 g/mol. The lowest BCUT2D eigenvalue weighted by Gasteiger charge is -2.25. The minimum Gasteiger partial charge on any atom is -0.458 e. The van der Waals surface area contributed by atoms with Crippen LogP contribution in [0.2, 0.25) is 0 Å². The molecular weight excluding hydrogens is 308 g/mol. The molecule has 1 saturated heterocycles. The molecule has 0 radical (unpaired) electrons.